The van der Waals surface area contributed by atoms with Gasteiger partial charge in [0.2, 0.25) is 0 Å². The molecule has 0 spiro atoms. The molecule has 0 aromatic carbocycles. The number of thioether (sulfide) groups is 1. The van der Waals surface area contributed by atoms with Crippen molar-refractivity contribution in [2.45, 2.75) is 57.7 Å². The minimum Gasteiger partial charge on any atom is -0.480 e. The van der Waals surface area contributed by atoms with Crippen LogP contribution in [0, 0.1) is 5.92 Å². The summed E-state index contributed by atoms with van der Waals surface area (Å²) in [5.41, 5.74) is -0.600. The predicted octanol–water partition coefficient (Wildman–Crippen LogP) is 2.59. The molecule has 6 heteroatoms. The highest BCUT2D eigenvalue weighted by molar-refractivity contribution is 7.99. The van der Waals surface area contributed by atoms with Crippen LogP contribution < -0.4 is 0 Å². The Balaban J connectivity index is 2.16. The van der Waals surface area contributed by atoms with Crippen LogP contribution in [0.3, 0.4) is 0 Å². The van der Waals surface area contributed by atoms with E-state index in [0.29, 0.717) is 0 Å². The van der Waals surface area contributed by atoms with Crippen LogP contribution in [0.1, 0.15) is 40.0 Å². The minimum absolute atomic E-state index is 0.0330. The van der Waals surface area contributed by atoms with Crippen LogP contribution in [0.2, 0.25) is 0 Å². The van der Waals surface area contributed by atoms with Crippen LogP contribution in [-0.4, -0.2) is 51.3 Å². The minimum atomic E-state index is -0.907. The highest BCUT2D eigenvalue weighted by atomic mass is 32.2. The lowest BCUT2D eigenvalue weighted by Gasteiger charge is -2.34. The summed E-state index contributed by atoms with van der Waals surface area (Å²) in [5, 5.41) is 9.57. The molecule has 1 aliphatic heterocycles. The van der Waals surface area contributed by atoms with E-state index in [1.165, 1.54) is 4.90 Å². The van der Waals surface area contributed by atoms with Gasteiger partial charge in [-0.3, -0.25) is 4.90 Å². The highest BCUT2D eigenvalue weighted by Gasteiger charge is 2.46. The van der Waals surface area contributed by atoms with E-state index in [-0.39, 0.29) is 12.0 Å². The first-order valence-corrected chi connectivity index (χ1v) is 8.27. The standard InChI is InChI=1S/C14H23NO4S/c1-14(2,3)19-13(18)15(10-4-5-10)11(12(16)17)9-6-7-20-8-9/h9-11H,4-8H2,1-3H3,(H,16,17). The van der Waals surface area contributed by atoms with Crippen LogP contribution in [0.25, 0.3) is 0 Å². The topological polar surface area (TPSA) is 66.8 Å². The van der Waals surface area contributed by atoms with Gasteiger partial charge in [-0.25, -0.2) is 9.59 Å². The molecule has 2 fully saturated rings. The van der Waals surface area contributed by atoms with Crippen molar-refractivity contribution in [3.05, 3.63) is 0 Å². The average Bonchev–Trinajstić information content (AvgIpc) is 2.98. The average molecular weight is 301 g/mol. The number of rotatable bonds is 4. The maximum Gasteiger partial charge on any atom is 0.411 e. The SMILES string of the molecule is CC(C)(C)OC(=O)N(C1CC1)C(C(=O)O)C1CCSC1. The first-order chi connectivity index (χ1) is 9.29. The van der Waals surface area contributed by atoms with Crippen LogP contribution in [0.15, 0.2) is 0 Å². The molecule has 1 heterocycles. The van der Waals surface area contributed by atoms with Crippen LogP contribution in [0.5, 0.6) is 0 Å². The second-order valence-corrected chi connectivity index (χ2v) is 7.68. The molecule has 0 radical (unpaired) electrons. The van der Waals surface area contributed by atoms with Gasteiger partial charge in [0.05, 0.1) is 0 Å². The molecule has 2 aliphatic rings. The fourth-order valence-electron chi connectivity index (χ4n) is 2.51. The number of hydrogen-bond donors (Lipinski definition) is 1. The van der Waals surface area contributed by atoms with Gasteiger partial charge in [-0.2, -0.15) is 11.8 Å². The summed E-state index contributed by atoms with van der Waals surface area (Å²) < 4.78 is 5.41. The monoisotopic (exact) mass is 301 g/mol. The summed E-state index contributed by atoms with van der Waals surface area (Å²) in [7, 11) is 0. The van der Waals surface area contributed by atoms with E-state index in [9.17, 15) is 14.7 Å². The third kappa shape index (κ3) is 3.81. The molecule has 1 N–H and O–H groups in total. The van der Waals surface area contributed by atoms with Crippen LogP contribution in [0.4, 0.5) is 4.79 Å². The smallest absolute Gasteiger partial charge is 0.411 e. The summed E-state index contributed by atoms with van der Waals surface area (Å²) in [6.45, 7) is 5.41. The summed E-state index contributed by atoms with van der Waals surface area (Å²) in [5.74, 6) is 0.908. The molecule has 2 atom stereocenters. The molecule has 1 saturated carbocycles. The van der Waals surface area contributed by atoms with Gasteiger partial charge in [-0.05, 0) is 51.5 Å². The van der Waals surface area contributed by atoms with Gasteiger partial charge in [0.25, 0.3) is 0 Å². The Labute approximate surface area is 124 Å². The summed E-state index contributed by atoms with van der Waals surface area (Å²) in [6.07, 6.45) is 2.13. The molecule has 1 amide bonds. The van der Waals surface area contributed by atoms with Gasteiger partial charge in [0.15, 0.2) is 0 Å². The molecule has 2 rings (SSSR count). The summed E-state index contributed by atoms with van der Waals surface area (Å²) >= 11 is 1.76. The molecular formula is C14H23NO4S. The van der Waals surface area contributed by atoms with Gasteiger partial charge < -0.3 is 9.84 Å². The van der Waals surface area contributed by atoms with Crippen LogP contribution in [-0.2, 0) is 9.53 Å². The number of hydrogen-bond acceptors (Lipinski definition) is 4. The van der Waals surface area contributed by atoms with E-state index < -0.39 is 23.7 Å². The summed E-state index contributed by atoms with van der Waals surface area (Å²) in [4.78, 5) is 25.5. The lowest BCUT2D eigenvalue weighted by molar-refractivity contribution is -0.145. The molecule has 1 aliphatic carbocycles. The second kappa shape index (κ2) is 5.84. The fraction of sp³-hybridized carbons (Fsp3) is 0.857. The van der Waals surface area contributed by atoms with Gasteiger partial charge in [0, 0.05) is 12.0 Å². The van der Waals surface area contributed by atoms with E-state index in [1.54, 1.807) is 32.5 Å². The Morgan fingerprint density at radius 2 is 1.95 bits per heavy atom. The lowest BCUT2D eigenvalue weighted by Crippen LogP contribution is -2.52. The van der Waals surface area contributed by atoms with E-state index >= 15 is 0 Å². The van der Waals surface area contributed by atoms with E-state index in [0.717, 1.165) is 30.8 Å². The third-order valence-corrected chi connectivity index (χ3v) is 4.70. The number of carbonyl (C=O) groups is 2. The lowest BCUT2D eigenvalue weighted by atomic mass is 9.97. The quantitative estimate of drug-likeness (QED) is 0.864. The van der Waals surface area contributed by atoms with Crippen molar-refractivity contribution < 1.29 is 19.4 Å². The molecule has 0 aromatic heterocycles. The Morgan fingerprint density at radius 1 is 1.30 bits per heavy atom. The van der Waals surface area contributed by atoms with Crippen molar-refractivity contribution >= 4 is 23.8 Å². The Kier molecular flexibility index (Phi) is 4.52. The highest BCUT2D eigenvalue weighted by Crippen LogP contribution is 2.36. The first-order valence-electron chi connectivity index (χ1n) is 7.11. The largest absolute Gasteiger partial charge is 0.480 e. The van der Waals surface area contributed by atoms with Gasteiger partial charge >= 0.3 is 12.1 Å². The number of amides is 1. The molecule has 0 aromatic rings. The molecule has 1 saturated heterocycles. The van der Waals surface area contributed by atoms with Crippen molar-refractivity contribution in [1.82, 2.24) is 4.90 Å². The molecule has 2 unspecified atom stereocenters. The zero-order valence-corrected chi connectivity index (χ0v) is 13.1. The van der Waals surface area contributed by atoms with Gasteiger partial charge in [0.1, 0.15) is 11.6 Å². The predicted molar refractivity (Wildman–Crippen MR) is 78.0 cm³/mol. The zero-order valence-electron chi connectivity index (χ0n) is 12.3. The molecule has 5 nitrogen and oxygen atoms in total. The number of nitrogens with zero attached hydrogens (tertiary/aromatic N) is 1. The van der Waals surface area contributed by atoms with E-state index in [1.807, 2.05) is 0 Å². The Morgan fingerprint density at radius 3 is 2.35 bits per heavy atom. The van der Waals surface area contributed by atoms with Crippen molar-refractivity contribution in [2.24, 2.45) is 5.92 Å². The number of carboxylic acid groups (broad SMARTS) is 1. The second-order valence-electron chi connectivity index (χ2n) is 6.53. The molecule has 114 valence electrons. The number of ether oxygens (including phenoxy) is 1. The number of aliphatic carboxylic acids is 1. The maximum absolute atomic E-state index is 12.4. The molecule has 0 bridgehead atoms. The van der Waals surface area contributed by atoms with E-state index in [2.05, 4.69) is 0 Å². The number of carbonyl (C=O) groups excluding carboxylic acids is 1. The summed E-state index contributed by atoms with van der Waals surface area (Å²) in [6, 6.07) is -0.705. The maximum atomic E-state index is 12.4. The third-order valence-electron chi connectivity index (χ3n) is 3.51. The van der Waals surface area contributed by atoms with E-state index in [4.69, 9.17) is 4.74 Å². The Hall–Kier alpha value is -0.910. The number of carboxylic acids is 1. The van der Waals surface area contributed by atoms with Crippen LogP contribution >= 0.6 is 11.8 Å². The normalized spacial score (nSPS) is 24.2. The van der Waals surface area contributed by atoms with Crippen molar-refractivity contribution in [1.29, 1.82) is 0 Å². The fourth-order valence-corrected chi connectivity index (χ4v) is 3.79. The molecular weight excluding hydrogens is 278 g/mol. The van der Waals surface area contributed by atoms with Crippen molar-refractivity contribution in [3.8, 4) is 0 Å². The first kappa shape index (κ1) is 15.5. The molecule has 20 heavy (non-hydrogen) atoms. The van der Waals surface area contributed by atoms with Crippen molar-refractivity contribution in [3.63, 3.8) is 0 Å². The van der Waals surface area contributed by atoms with Gasteiger partial charge in [-0.15, -0.1) is 0 Å². The van der Waals surface area contributed by atoms with Crippen molar-refractivity contribution in [2.75, 3.05) is 11.5 Å². The zero-order chi connectivity index (χ0) is 14.9. The Bertz CT molecular complexity index is 383. The van der Waals surface area contributed by atoms with Gasteiger partial charge in [-0.1, -0.05) is 0 Å².